The van der Waals surface area contributed by atoms with E-state index >= 15 is 0 Å². The molecule has 5 aliphatic carbocycles. The molecular formula is C42H58N4O2. The molecule has 0 unspecified atom stereocenters. The monoisotopic (exact) mass is 650 g/mol. The van der Waals surface area contributed by atoms with Crippen molar-refractivity contribution in [2.75, 3.05) is 18.4 Å². The van der Waals surface area contributed by atoms with Crippen LogP contribution >= 0.6 is 0 Å². The highest BCUT2D eigenvalue weighted by Crippen LogP contribution is 2.76. The Bertz CT molecular complexity index is 1580. The molecule has 0 saturated heterocycles. The lowest BCUT2D eigenvalue weighted by Crippen LogP contribution is -2.68. The number of allylic oxidation sites excluding steroid dienone is 3. The second kappa shape index (κ2) is 11.8. The summed E-state index contributed by atoms with van der Waals surface area (Å²) in [6, 6.07) is 9.47. The number of carbonyl (C=O) groups is 1. The van der Waals surface area contributed by atoms with Crippen molar-refractivity contribution in [2.24, 2.45) is 51.2 Å². The number of nitrogens with one attached hydrogen (secondary N) is 2. The second-order valence-electron chi connectivity index (χ2n) is 17.7. The van der Waals surface area contributed by atoms with Gasteiger partial charge in [0.1, 0.15) is 0 Å². The number of aromatic carboxylic acids is 1. The number of nitrogens with zero attached hydrogens (tertiary/aromatic N) is 2. The summed E-state index contributed by atoms with van der Waals surface area (Å²) in [4.78, 5) is 20.3. The van der Waals surface area contributed by atoms with E-state index in [1.807, 2.05) is 18.2 Å². The van der Waals surface area contributed by atoms with Crippen LogP contribution in [0.5, 0.6) is 0 Å². The first-order valence-electron chi connectivity index (χ1n) is 18.7. The maximum atomic E-state index is 11.5. The van der Waals surface area contributed by atoms with Crippen LogP contribution in [-0.2, 0) is 0 Å². The highest BCUT2D eigenvalue weighted by molar-refractivity contribution is 5.88. The van der Waals surface area contributed by atoms with E-state index in [4.69, 9.17) is 0 Å². The number of anilines is 1. The van der Waals surface area contributed by atoms with Gasteiger partial charge in [-0.2, -0.15) is 0 Å². The Labute approximate surface area is 288 Å². The molecule has 9 atom stereocenters. The Morgan fingerprint density at radius 3 is 2.31 bits per heavy atom. The van der Waals surface area contributed by atoms with E-state index in [1.165, 1.54) is 68.1 Å². The number of carboxylic acid groups (broad SMARTS) is 1. The third-order valence-corrected chi connectivity index (χ3v) is 15.5. The van der Waals surface area contributed by atoms with Gasteiger partial charge in [0.25, 0.3) is 0 Å². The first-order valence-corrected chi connectivity index (χ1v) is 18.7. The summed E-state index contributed by atoms with van der Waals surface area (Å²) in [6.07, 6.45) is 17.5. The van der Waals surface area contributed by atoms with Gasteiger partial charge in [-0.3, -0.25) is 0 Å². The van der Waals surface area contributed by atoms with Crippen molar-refractivity contribution in [1.82, 2.24) is 15.3 Å². The van der Waals surface area contributed by atoms with Gasteiger partial charge >= 0.3 is 5.97 Å². The Morgan fingerprint density at radius 2 is 1.62 bits per heavy atom. The summed E-state index contributed by atoms with van der Waals surface area (Å²) in [5.41, 5.74) is 5.38. The van der Waals surface area contributed by atoms with Crippen LogP contribution < -0.4 is 10.6 Å². The molecule has 0 radical (unpaired) electrons. The van der Waals surface area contributed by atoms with E-state index in [2.05, 4.69) is 74.8 Å². The van der Waals surface area contributed by atoms with Crippen molar-refractivity contribution in [2.45, 2.75) is 105 Å². The molecule has 5 aliphatic rings. The van der Waals surface area contributed by atoms with Crippen molar-refractivity contribution >= 4 is 17.5 Å². The summed E-state index contributed by atoms with van der Waals surface area (Å²) in [5, 5.41) is 17.1. The largest absolute Gasteiger partial charge is 0.478 e. The highest BCUT2D eigenvalue weighted by Gasteiger charge is 2.70. The van der Waals surface area contributed by atoms with E-state index in [0.717, 1.165) is 19.5 Å². The van der Waals surface area contributed by atoms with Crippen LogP contribution in [0.2, 0.25) is 0 Å². The molecule has 0 amide bonds. The highest BCUT2D eigenvalue weighted by atomic mass is 16.4. The Hall–Kier alpha value is -2.99. The molecule has 3 N–H and O–H groups in total. The zero-order valence-electron chi connectivity index (χ0n) is 30.2. The summed E-state index contributed by atoms with van der Waals surface area (Å²) < 4.78 is 0. The van der Waals surface area contributed by atoms with Crippen molar-refractivity contribution in [1.29, 1.82) is 0 Å². The lowest BCUT2D eigenvalue weighted by Gasteiger charge is -2.72. The summed E-state index contributed by atoms with van der Waals surface area (Å²) in [7, 11) is 0. The van der Waals surface area contributed by atoms with Gasteiger partial charge < -0.3 is 15.7 Å². The number of hydrogen-bond acceptors (Lipinski definition) is 5. The molecule has 48 heavy (non-hydrogen) atoms. The van der Waals surface area contributed by atoms with Gasteiger partial charge in [-0.15, -0.1) is 0 Å². The molecule has 7 rings (SSSR count). The SMILES string of the molecule is C=C(C)[C@@H]1CC[C@]2(NCCNc3ncccn3)CC[C@]3(C)[C@H](CC[C@@H]4[C@@]5(C)CC=C(c6ccc(C(=O)O)cc6)C(C)(C)[C@@H]5CC[C@]43C)[C@@H]12. The molecule has 0 spiro atoms. The van der Waals surface area contributed by atoms with E-state index < -0.39 is 5.97 Å². The molecule has 0 aliphatic heterocycles. The van der Waals surface area contributed by atoms with Gasteiger partial charge in [-0.1, -0.05) is 65.0 Å². The van der Waals surface area contributed by atoms with Gasteiger partial charge in [0.15, 0.2) is 0 Å². The van der Waals surface area contributed by atoms with Gasteiger partial charge in [0.2, 0.25) is 5.95 Å². The fourth-order valence-electron chi connectivity index (χ4n) is 13.2. The van der Waals surface area contributed by atoms with Crippen LogP contribution in [0.1, 0.15) is 115 Å². The van der Waals surface area contributed by atoms with E-state index in [0.29, 0.717) is 51.9 Å². The van der Waals surface area contributed by atoms with Crippen LogP contribution in [0, 0.1) is 51.2 Å². The van der Waals surface area contributed by atoms with Crippen LogP contribution in [0.15, 0.2) is 61.0 Å². The topological polar surface area (TPSA) is 87.1 Å². The minimum absolute atomic E-state index is 0.0256. The third kappa shape index (κ3) is 4.94. The smallest absolute Gasteiger partial charge is 0.335 e. The van der Waals surface area contributed by atoms with Crippen LogP contribution in [0.4, 0.5) is 5.95 Å². The summed E-state index contributed by atoms with van der Waals surface area (Å²) in [6.45, 7) is 21.7. The summed E-state index contributed by atoms with van der Waals surface area (Å²) >= 11 is 0. The van der Waals surface area contributed by atoms with Crippen molar-refractivity contribution in [3.8, 4) is 0 Å². The molecular weight excluding hydrogens is 592 g/mol. The van der Waals surface area contributed by atoms with Crippen LogP contribution in [0.25, 0.3) is 5.57 Å². The quantitative estimate of drug-likeness (QED) is 0.195. The average molecular weight is 651 g/mol. The Morgan fingerprint density at radius 1 is 0.896 bits per heavy atom. The number of hydrogen-bond donors (Lipinski definition) is 3. The maximum Gasteiger partial charge on any atom is 0.335 e. The van der Waals surface area contributed by atoms with Crippen molar-refractivity contribution < 1.29 is 9.90 Å². The molecule has 6 nitrogen and oxygen atoms in total. The molecule has 258 valence electrons. The van der Waals surface area contributed by atoms with E-state index in [-0.39, 0.29) is 16.4 Å². The number of rotatable bonds is 8. The maximum absolute atomic E-state index is 11.5. The predicted octanol–water partition coefficient (Wildman–Crippen LogP) is 9.28. The molecule has 1 aromatic carbocycles. The molecule has 2 aromatic rings. The van der Waals surface area contributed by atoms with E-state index in [9.17, 15) is 9.90 Å². The molecule has 4 saturated carbocycles. The number of carboxylic acids is 1. The Balaban J connectivity index is 1.16. The van der Waals surface area contributed by atoms with Gasteiger partial charge in [-0.05, 0) is 145 Å². The normalized spacial score (nSPS) is 39.6. The summed E-state index contributed by atoms with van der Waals surface area (Å²) in [5.74, 6) is 3.05. The molecule has 1 heterocycles. The number of fused-ring (bicyclic) bond motifs is 7. The fraction of sp³-hybridized carbons (Fsp3) is 0.643. The zero-order valence-corrected chi connectivity index (χ0v) is 30.2. The van der Waals surface area contributed by atoms with Gasteiger partial charge in [-0.25, -0.2) is 14.8 Å². The lowest BCUT2D eigenvalue weighted by atomic mass is 9.33. The molecule has 0 bridgehead atoms. The van der Waals surface area contributed by atoms with Crippen molar-refractivity contribution in [3.05, 3.63) is 72.1 Å². The van der Waals surface area contributed by atoms with E-state index in [1.54, 1.807) is 24.5 Å². The van der Waals surface area contributed by atoms with Crippen LogP contribution in [0.3, 0.4) is 0 Å². The lowest BCUT2D eigenvalue weighted by molar-refractivity contribution is -0.219. The van der Waals surface area contributed by atoms with Crippen molar-refractivity contribution in [3.63, 3.8) is 0 Å². The fourth-order valence-corrected chi connectivity index (χ4v) is 13.2. The predicted molar refractivity (Wildman–Crippen MR) is 195 cm³/mol. The molecule has 1 aromatic heterocycles. The molecule has 4 fully saturated rings. The first-order chi connectivity index (χ1) is 22.8. The number of aromatic nitrogens is 2. The number of benzene rings is 1. The van der Waals surface area contributed by atoms with Gasteiger partial charge in [0.05, 0.1) is 5.56 Å². The molecule has 6 heteroatoms. The average Bonchev–Trinajstić information content (AvgIpc) is 3.44. The Kier molecular flexibility index (Phi) is 8.25. The first kappa shape index (κ1) is 33.5. The van der Waals surface area contributed by atoms with Crippen LogP contribution in [-0.4, -0.2) is 39.7 Å². The van der Waals surface area contributed by atoms with Gasteiger partial charge in [0, 0.05) is 31.0 Å². The third-order valence-electron chi connectivity index (χ3n) is 15.5. The second-order valence-corrected chi connectivity index (χ2v) is 17.7. The minimum atomic E-state index is -0.861. The zero-order chi connectivity index (χ0) is 34.1. The minimum Gasteiger partial charge on any atom is -0.478 e. The standard InChI is InChI=1S/C42H58N4O2/c1-27(2)30-15-20-42(46-26-25-45-37-43-23-8-24-44-37)22-21-40(6)32(35(30)42)13-14-34-39(5)18-16-31(28-9-11-29(12-10-28)36(47)48)38(3,4)33(39)17-19-41(34,40)7/h8-12,16,23-24,30,32-35,46H,1,13-15,17-22,25-26H2,2-7H3,(H,47,48)(H,43,44,45)/t30-,32+,33-,34+,35+,39-,40+,41+,42-/m0/s1.